The molecule has 0 unspecified atom stereocenters. The highest BCUT2D eigenvalue weighted by Crippen LogP contribution is 2.27. The van der Waals surface area contributed by atoms with Crippen LogP contribution in [0.1, 0.15) is 26.3 Å². The highest BCUT2D eigenvalue weighted by molar-refractivity contribution is 7.90. The molecule has 0 radical (unpaired) electrons. The van der Waals surface area contributed by atoms with Crippen LogP contribution in [0, 0.1) is 0 Å². The molecule has 0 bridgehead atoms. The smallest absolute Gasteiger partial charge is 0.410 e. The van der Waals surface area contributed by atoms with Crippen LogP contribution >= 0.6 is 0 Å². The summed E-state index contributed by atoms with van der Waals surface area (Å²) < 4.78 is 33.3. The monoisotopic (exact) mass is 426 g/mol. The van der Waals surface area contributed by atoms with Crippen LogP contribution in [0.4, 0.5) is 4.79 Å². The minimum Gasteiger partial charge on any atom is -0.444 e. The molecule has 158 valence electrons. The molecule has 0 aliphatic carbocycles. The highest BCUT2D eigenvalue weighted by Gasteiger charge is 2.24. The van der Waals surface area contributed by atoms with Crippen molar-refractivity contribution in [2.75, 3.05) is 7.05 Å². The second-order valence-corrected chi connectivity index (χ2v) is 9.86. The molecule has 1 aromatic heterocycles. The summed E-state index contributed by atoms with van der Waals surface area (Å²) in [5, 5.41) is 0. The fraction of sp³-hybridized carbons (Fsp3) is 0.261. The quantitative estimate of drug-likeness (QED) is 0.590. The molecule has 0 spiro atoms. The molecular weight excluding hydrogens is 400 g/mol. The summed E-state index contributed by atoms with van der Waals surface area (Å²) in [6.45, 7) is 5.62. The number of carbonyl (C=O) groups excluding carboxylic acids is 1. The molecule has 0 aliphatic rings. The van der Waals surface area contributed by atoms with Crippen molar-refractivity contribution in [3.05, 3.63) is 78.5 Å². The van der Waals surface area contributed by atoms with Crippen molar-refractivity contribution in [1.82, 2.24) is 8.87 Å². The largest absolute Gasteiger partial charge is 0.444 e. The molecule has 3 aromatic rings. The minimum absolute atomic E-state index is 0.199. The van der Waals surface area contributed by atoms with Crippen LogP contribution in [0.5, 0.6) is 0 Å². The van der Waals surface area contributed by atoms with E-state index < -0.39 is 21.7 Å². The summed E-state index contributed by atoms with van der Waals surface area (Å²) in [5.74, 6) is 0. The second-order valence-electron chi connectivity index (χ2n) is 8.05. The minimum atomic E-state index is -3.80. The van der Waals surface area contributed by atoms with Gasteiger partial charge in [-0.15, -0.1) is 0 Å². The molecule has 0 fully saturated rings. The van der Waals surface area contributed by atoms with Crippen molar-refractivity contribution in [3.63, 3.8) is 0 Å². The van der Waals surface area contributed by atoms with E-state index in [2.05, 4.69) is 0 Å². The van der Waals surface area contributed by atoms with Crippen LogP contribution < -0.4 is 0 Å². The van der Waals surface area contributed by atoms with Crippen LogP contribution in [0.25, 0.3) is 11.3 Å². The molecule has 1 heterocycles. The van der Waals surface area contributed by atoms with E-state index in [0.717, 1.165) is 5.56 Å². The zero-order valence-electron chi connectivity index (χ0n) is 17.6. The van der Waals surface area contributed by atoms with Gasteiger partial charge in [0.2, 0.25) is 0 Å². The fourth-order valence-corrected chi connectivity index (χ4v) is 4.41. The Balaban J connectivity index is 2.01. The van der Waals surface area contributed by atoms with Crippen molar-refractivity contribution < 1.29 is 17.9 Å². The molecule has 30 heavy (non-hydrogen) atoms. The van der Waals surface area contributed by atoms with Crippen LogP contribution in [0.3, 0.4) is 0 Å². The number of benzene rings is 2. The molecule has 0 N–H and O–H groups in total. The lowest BCUT2D eigenvalue weighted by Crippen LogP contribution is -2.33. The molecule has 6 nitrogen and oxygen atoms in total. The van der Waals surface area contributed by atoms with Gasteiger partial charge in [-0.05, 0) is 50.1 Å². The molecule has 0 aliphatic heterocycles. The van der Waals surface area contributed by atoms with Crippen LogP contribution in [0.15, 0.2) is 77.8 Å². The average molecular weight is 427 g/mol. The summed E-state index contributed by atoms with van der Waals surface area (Å²) in [4.78, 5) is 13.9. The van der Waals surface area contributed by atoms with Crippen LogP contribution in [-0.4, -0.2) is 36.0 Å². The first-order chi connectivity index (χ1) is 14.1. The number of carbonyl (C=O) groups is 1. The number of amides is 1. The summed E-state index contributed by atoms with van der Waals surface area (Å²) in [6, 6.07) is 19.4. The maximum Gasteiger partial charge on any atom is 0.410 e. The van der Waals surface area contributed by atoms with Crippen LogP contribution in [0.2, 0.25) is 0 Å². The Morgan fingerprint density at radius 1 is 1.00 bits per heavy atom. The second kappa shape index (κ2) is 8.36. The topological polar surface area (TPSA) is 68.6 Å². The Hall–Kier alpha value is -3.06. The van der Waals surface area contributed by atoms with Crippen molar-refractivity contribution in [2.45, 2.75) is 37.8 Å². The Bertz CT molecular complexity index is 1120. The van der Waals surface area contributed by atoms with Gasteiger partial charge in [-0.2, -0.15) is 0 Å². The number of aromatic nitrogens is 1. The highest BCUT2D eigenvalue weighted by atomic mass is 32.2. The zero-order chi connectivity index (χ0) is 21.9. The summed E-state index contributed by atoms with van der Waals surface area (Å²) >= 11 is 0. The van der Waals surface area contributed by atoms with Gasteiger partial charge in [0.1, 0.15) is 5.60 Å². The van der Waals surface area contributed by atoms with Crippen molar-refractivity contribution >= 4 is 16.1 Å². The SMILES string of the molecule is CN(Cc1cc(-c2ccccc2)n(S(=O)(=O)c2ccccc2)c1)C(=O)OC(C)(C)C. The van der Waals surface area contributed by atoms with Crippen LogP contribution in [-0.2, 0) is 21.3 Å². The van der Waals surface area contributed by atoms with Gasteiger partial charge in [0.25, 0.3) is 10.0 Å². The van der Waals surface area contributed by atoms with E-state index in [0.29, 0.717) is 11.3 Å². The summed E-state index contributed by atoms with van der Waals surface area (Å²) in [7, 11) is -2.18. The predicted molar refractivity (Wildman–Crippen MR) is 117 cm³/mol. The Morgan fingerprint density at radius 3 is 2.13 bits per heavy atom. The first kappa shape index (κ1) is 21.6. The molecule has 2 aromatic carbocycles. The summed E-state index contributed by atoms with van der Waals surface area (Å²) in [6.07, 6.45) is 1.09. The normalized spacial score (nSPS) is 11.9. The lowest BCUT2D eigenvalue weighted by Gasteiger charge is -2.24. The maximum absolute atomic E-state index is 13.3. The Kier molecular flexibility index (Phi) is 6.03. The third-order valence-corrected chi connectivity index (χ3v) is 6.02. The predicted octanol–water partition coefficient (Wildman–Crippen LogP) is 4.76. The van der Waals surface area contributed by atoms with E-state index in [9.17, 15) is 13.2 Å². The lowest BCUT2D eigenvalue weighted by atomic mass is 10.1. The van der Waals surface area contributed by atoms with E-state index in [1.54, 1.807) is 70.4 Å². The van der Waals surface area contributed by atoms with Gasteiger partial charge >= 0.3 is 6.09 Å². The average Bonchev–Trinajstić information content (AvgIpc) is 3.13. The van der Waals surface area contributed by atoms with Crippen molar-refractivity contribution in [1.29, 1.82) is 0 Å². The molecule has 7 heteroatoms. The standard InChI is InChI=1S/C23H26N2O4S/c1-23(2,3)29-22(26)24(4)16-18-15-21(19-11-7-5-8-12-19)25(17-18)30(27,28)20-13-9-6-10-14-20/h5-15,17H,16H2,1-4H3. The Morgan fingerprint density at radius 2 is 1.57 bits per heavy atom. The van der Waals surface area contributed by atoms with E-state index in [1.807, 2.05) is 30.3 Å². The molecule has 0 saturated heterocycles. The van der Waals surface area contributed by atoms with Crippen molar-refractivity contribution in [3.8, 4) is 11.3 Å². The number of hydrogen-bond donors (Lipinski definition) is 0. The maximum atomic E-state index is 13.3. The van der Waals surface area contributed by atoms with E-state index in [-0.39, 0.29) is 11.4 Å². The first-order valence-corrected chi connectivity index (χ1v) is 11.0. The van der Waals surface area contributed by atoms with Gasteiger partial charge in [-0.1, -0.05) is 48.5 Å². The molecule has 0 saturated carbocycles. The van der Waals surface area contributed by atoms with Crippen molar-refractivity contribution in [2.24, 2.45) is 0 Å². The van der Waals surface area contributed by atoms with E-state index >= 15 is 0 Å². The zero-order valence-corrected chi connectivity index (χ0v) is 18.4. The van der Waals surface area contributed by atoms with Gasteiger partial charge in [0, 0.05) is 13.2 Å². The third-order valence-electron chi connectivity index (χ3n) is 4.34. The van der Waals surface area contributed by atoms with Gasteiger partial charge in [-0.25, -0.2) is 17.2 Å². The van der Waals surface area contributed by atoms with Gasteiger partial charge in [0.15, 0.2) is 0 Å². The fourth-order valence-electron chi connectivity index (χ4n) is 2.99. The van der Waals surface area contributed by atoms with E-state index in [1.165, 1.54) is 8.87 Å². The first-order valence-electron chi connectivity index (χ1n) is 9.59. The lowest BCUT2D eigenvalue weighted by molar-refractivity contribution is 0.0285. The van der Waals surface area contributed by atoms with Gasteiger partial charge in [-0.3, -0.25) is 0 Å². The van der Waals surface area contributed by atoms with Gasteiger partial charge in [0.05, 0.1) is 17.1 Å². The van der Waals surface area contributed by atoms with Gasteiger partial charge < -0.3 is 9.64 Å². The number of nitrogens with zero attached hydrogens (tertiary/aromatic N) is 2. The number of ether oxygens (including phenoxy) is 1. The molecular formula is C23H26N2O4S. The Labute approximate surface area is 177 Å². The number of rotatable bonds is 5. The molecule has 3 rings (SSSR count). The third kappa shape index (κ3) is 4.91. The number of hydrogen-bond acceptors (Lipinski definition) is 4. The van der Waals surface area contributed by atoms with E-state index in [4.69, 9.17) is 4.74 Å². The molecule has 1 amide bonds. The summed E-state index contributed by atoms with van der Waals surface area (Å²) in [5.41, 5.74) is 1.38. The molecule has 0 atom stereocenters.